The standard InChI is InChI=1S/C10H13N5S/c11-10(3-1-2-4-10)8-6-16-9(13-8)7-5-12-15-14-7/h5-6H,1-4,11H2,(H,12,14,15). The van der Waals surface area contributed by atoms with E-state index in [0.29, 0.717) is 0 Å². The van der Waals surface area contributed by atoms with E-state index in [4.69, 9.17) is 5.73 Å². The second kappa shape index (κ2) is 3.64. The third-order valence-corrected chi connectivity index (χ3v) is 4.01. The highest BCUT2D eigenvalue weighted by molar-refractivity contribution is 7.13. The molecule has 0 unspecified atom stereocenters. The summed E-state index contributed by atoms with van der Waals surface area (Å²) in [4.78, 5) is 4.58. The minimum absolute atomic E-state index is 0.210. The molecule has 1 aliphatic carbocycles. The van der Waals surface area contributed by atoms with Crippen LogP contribution in [-0.2, 0) is 5.54 Å². The van der Waals surface area contributed by atoms with Crippen LogP contribution in [0.25, 0.3) is 10.7 Å². The monoisotopic (exact) mass is 235 g/mol. The molecule has 2 aromatic heterocycles. The Morgan fingerprint density at radius 3 is 2.88 bits per heavy atom. The van der Waals surface area contributed by atoms with Gasteiger partial charge in [-0.05, 0) is 12.8 Å². The summed E-state index contributed by atoms with van der Waals surface area (Å²) in [5.41, 5.74) is 7.93. The number of aromatic nitrogens is 4. The van der Waals surface area contributed by atoms with Gasteiger partial charge < -0.3 is 5.73 Å². The number of nitrogens with two attached hydrogens (primary N) is 1. The number of H-pyrrole nitrogens is 1. The molecule has 0 spiro atoms. The highest BCUT2D eigenvalue weighted by Gasteiger charge is 2.33. The summed E-state index contributed by atoms with van der Waals surface area (Å²) in [6.45, 7) is 0. The molecule has 0 saturated heterocycles. The molecule has 2 aromatic rings. The van der Waals surface area contributed by atoms with Crippen LogP contribution in [0.4, 0.5) is 0 Å². The third kappa shape index (κ3) is 1.54. The molecule has 5 nitrogen and oxygen atoms in total. The molecule has 0 aliphatic heterocycles. The minimum atomic E-state index is -0.210. The molecule has 0 bridgehead atoms. The molecule has 16 heavy (non-hydrogen) atoms. The van der Waals surface area contributed by atoms with Gasteiger partial charge in [0, 0.05) is 5.38 Å². The lowest BCUT2D eigenvalue weighted by Crippen LogP contribution is -2.33. The van der Waals surface area contributed by atoms with Gasteiger partial charge in [-0.1, -0.05) is 12.8 Å². The molecule has 84 valence electrons. The number of thiazole rings is 1. The minimum Gasteiger partial charge on any atom is -0.320 e. The number of rotatable bonds is 2. The van der Waals surface area contributed by atoms with Crippen LogP contribution >= 0.6 is 11.3 Å². The predicted octanol–water partition coefficient (Wildman–Crippen LogP) is 1.66. The van der Waals surface area contributed by atoms with Crippen LogP contribution in [0, 0.1) is 0 Å². The maximum atomic E-state index is 6.35. The molecule has 3 N–H and O–H groups in total. The van der Waals surface area contributed by atoms with E-state index in [1.807, 2.05) is 0 Å². The lowest BCUT2D eigenvalue weighted by atomic mass is 9.96. The summed E-state index contributed by atoms with van der Waals surface area (Å²) in [7, 11) is 0. The van der Waals surface area contributed by atoms with Crippen molar-refractivity contribution in [3.63, 3.8) is 0 Å². The lowest BCUT2D eigenvalue weighted by Gasteiger charge is -2.20. The summed E-state index contributed by atoms with van der Waals surface area (Å²) < 4.78 is 0. The van der Waals surface area contributed by atoms with E-state index in [1.54, 1.807) is 17.5 Å². The molecule has 0 amide bonds. The maximum Gasteiger partial charge on any atom is 0.145 e. The van der Waals surface area contributed by atoms with Gasteiger partial charge in [0.25, 0.3) is 0 Å². The first-order valence-electron chi connectivity index (χ1n) is 5.39. The summed E-state index contributed by atoms with van der Waals surface area (Å²) in [6, 6.07) is 0. The van der Waals surface area contributed by atoms with Gasteiger partial charge in [-0.3, -0.25) is 0 Å². The van der Waals surface area contributed by atoms with E-state index in [0.717, 1.165) is 29.2 Å². The number of nitrogens with zero attached hydrogens (tertiary/aromatic N) is 3. The van der Waals surface area contributed by atoms with Crippen LogP contribution in [0.2, 0.25) is 0 Å². The Balaban J connectivity index is 1.93. The van der Waals surface area contributed by atoms with Gasteiger partial charge in [-0.15, -0.1) is 11.3 Å². The molecule has 1 fully saturated rings. The molecular formula is C10H13N5S. The van der Waals surface area contributed by atoms with Gasteiger partial charge >= 0.3 is 0 Å². The smallest absolute Gasteiger partial charge is 0.145 e. The third-order valence-electron chi connectivity index (χ3n) is 3.14. The van der Waals surface area contributed by atoms with Crippen molar-refractivity contribution in [2.75, 3.05) is 0 Å². The highest BCUT2D eigenvalue weighted by Crippen LogP contribution is 2.37. The molecule has 1 saturated carbocycles. The molecule has 6 heteroatoms. The van der Waals surface area contributed by atoms with Gasteiger partial charge in [0.05, 0.1) is 17.4 Å². The number of hydrogen-bond donors (Lipinski definition) is 2. The van der Waals surface area contributed by atoms with Gasteiger partial charge in [-0.2, -0.15) is 15.4 Å². The first kappa shape index (κ1) is 9.92. The topological polar surface area (TPSA) is 80.5 Å². The Hall–Kier alpha value is -1.27. The summed E-state index contributed by atoms with van der Waals surface area (Å²) in [5.74, 6) is 0. The van der Waals surface area contributed by atoms with Gasteiger partial charge in [0.1, 0.15) is 10.7 Å². The Kier molecular flexibility index (Phi) is 2.26. The van der Waals surface area contributed by atoms with Crippen LogP contribution in [0.3, 0.4) is 0 Å². The zero-order valence-corrected chi connectivity index (χ0v) is 9.63. The summed E-state index contributed by atoms with van der Waals surface area (Å²) >= 11 is 1.58. The van der Waals surface area contributed by atoms with Gasteiger partial charge in [-0.25, -0.2) is 4.98 Å². The average molecular weight is 235 g/mol. The zero-order chi connectivity index (χ0) is 11.0. The first-order valence-corrected chi connectivity index (χ1v) is 6.27. The molecule has 0 radical (unpaired) electrons. The summed E-state index contributed by atoms with van der Waals surface area (Å²) in [5, 5.41) is 13.3. The van der Waals surface area contributed by atoms with Crippen LogP contribution < -0.4 is 5.73 Å². The van der Waals surface area contributed by atoms with E-state index in [-0.39, 0.29) is 5.54 Å². The maximum absolute atomic E-state index is 6.35. The summed E-state index contributed by atoms with van der Waals surface area (Å²) in [6.07, 6.45) is 6.16. The lowest BCUT2D eigenvalue weighted by molar-refractivity contribution is 0.450. The molecule has 0 aromatic carbocycles. The number of aromatic amines is 1. The SMILES string of the molecule is NC1(c2csc(-c3cn[nH]n3)n2)CCCC1. The van der Waals surface area contributed by atoms with E-state index < -0.39 is 0 Å². The van der Waals surface area contributed by atoms with Crippen LogP contribution in [-0.4, -0.2) is 20.4 Å². The second-order valence-electron chi connectivity index (χ2n) is 4.26. The Morgan fingerprint density at radius 1 is 1.38 bits per heavy atom. The van der Waals surface area contributed by atoms with E-state index in [2.05, 4.69) is 25.8 Å². The van der Waals surface area contributed by atoms with Crippen molar-refractivity contribution in [2.45, 2.75) is 31.2 Å². The fourth-order valence-corrected chi connectivity index (χ4v) is 3.07. The molecular weight excluding hydrogens is 222 g/mol. The van der Waals surface area contributed by atoms with E-state index in [1.165, 1.54) is 12.8 Å². The predicted molar refractivity (Wildman–Crippen MR) is 61.8 cm³/mol. The normalized spacial score (nSPS) is 19.1. The Morgan fingerprint density at radius 2 is 2.19 bits per heavy atom. The Bertz CT molecular complexity index is 469. The average Bonchev–Trinajstić information content (AvgIpc) is 2.98. The zero-order valence-electron chi connectivity index (χ0n) is 8.81. The number of hydrogen-bond acceptors (Lipinski definition) is 5. The first-order chi connectivity index (χ1) is 7.78. The highest BCUT2D eigenvalue weighted by atomic mass is 32.1. The van der Waals surface area contributed by atoms with Crippen molar-refractivity contribution in [1.82, 2.24) is 20.4 Å². The van der Waals surface area contributed by atoms with Crippen LogP contribution in [0.1, 0.15) is 31.4 Å². The van der Waals surface area contributed by atoms with Crippen molar-refractivity contribution in [2.24, 2.45) is 5.73 Å². The second-order valence-corrected chi connectivity index (χ2v) is 5.11. The van der Waals surface area contributed by atoms with Crippen molar-refractivity contribution in [1.29, 1.82) is 0 Å². The van der Waals surface area contributed by atoms with E-state index in [9.17, 15) is 0 Å². The van der Waals surface area contributed by atoms with Gasteiger partial charge in [0.15, 0.2) is 0 Å². The van der Waals surface area contributed by atoms with E-state index >= 15 is 0 Å². The van der Waals surface area contributed by atoms with Crippen molar-refractivity contribution < 1.29 is 0 Å². The van der Waals surface area contributed by atoms with Crippen molar-refractivity contribution in [3.05, 3.63) is 17.3 Å². The number of nitrogens with one attached hydrogen (secondary N) is 1. The molecule has 3 rings (SSSR count). The molecule has 1 aliphatic rings. The van der Waals surface area contributed by atoms with Crippen LogP contribution in [0.15, 0.2) is 11.6 Å². The quantitative estimate of drug-likeness (QED) is 0.829. The Labute approximate surface area is 97.1 Å². The fraction of sp³-hybridized carbons (Fsp3) is 0.500. The largest absolute Gasteiger partial charge is 0.320 e. The van der Waals surface area contributed by atoms with Crippen LogP contribution in [0.5, 0.6) is 0 Å². The van der Waals surface area contributed by atoms with Gasteiger partial charge in [0.2, 0.25) is 0 Å². The fourth-order valence-electron chi connectivity index (χ4n) is 2.19. The molecule has 2 heterocycles. The van der Waals surface area contributed by atoms with Crippen molar-refractivity contribution >= 4 is 11.3 Å². The van der Waals surface area contributed by atoms with Crippen molar-refractivity contribution in [3.8, 4) is 10.7 Å². The molecule has 0 atom stereocenters.